The fraction of sp³-hybridized carbons (Fsp3) is 0.541. The number of esters is 1. The second-order valence-corrected chi connectivity index (χ2v) is 13.1. The minimum atomic E-state index is -0.840. The summed E-state index contributed by atoms with van der Waals surface area (Å²) in [5, 5.41) is 10.9. The zero-order valence-corrected chi connectivity index (χ0v) is 31.2. The molecule has 0 saturated carbocycles. The Kier molecular flexibility index (Phi) is 20.8. The number of rotatable bonds is 19. The van der Waals surface area contributed by atoms with Crippen LogP contribution in [-0.2, 0) is 33.4 Å². The van der Waals surface area contributed by atoms with Gasteiger partial charge >= 0.3 is 12.1 Å². The first-order valence-corrected chi connectivity index (χ1v) is 17.3. The van der Waals surface area contributed by atoms with Gasteiger partial charge in [-0.15, -0.1) is 5.92 Å². The molecule has 0 saturated heterocycles. The van der Waals surface area contributed by atoms with Crippen molar-refractivity contribution < 1.29 is 38.2 Å². The highest BCUT2D eigenvalue weighted by Crippen LogP contribution is 2.23. The topological polar surface area (TPSA) is 161 Å². The van der Waals surface area contributed by atoms with Crippen LogP contribution in [0, 0.1) is 23.2 Å². The first-order chi connectivity index (χ1) is 23.7. The second kappa shape index (κ2) is 23.8. The normalized spacial score (nSPS) is 16.8. The number of allylic oxidation sites excluding steroid dienone is 4. The summed E-state index contributed by atoms with van der Waals surface area (Å²) in [4.78, 5) is 61.5. The molecule has 0 aromatic carbocycles. The van der Waals surface area contributed by atoms with E-state index in [1.807, 2.05) is 46.8 Å². The Morgan fingerprint density at radius 3 is 2.48 bits per heavy atom. The third kappa shape index (κ3) is 18.4. The standard InChI is InChI=1S/C37H54N4O8S/c1-8-9-15-28(48-36(46)40-23-13-22-38-31(42)20-24-50)16-12-21-39-34(44)33(37(4,5)6)41-32(43)17-11-10-14-26(2)25-27(3)29-18-19-30(47-7)35(45)49-29/h10-12,14,17,19,21,25,27-29,33,50H,13,15-16,18,20,22-24H2,1-7H3,(H,38,42)(H,39,44)(H,40,46)(H,41,43)/b14-10-,17-11-,21-12-,26-25+/t27-,28-,29-,33+/m0/s1. The summed E-state index contributed by atoms with van der Waals surface area (Å²) >= 11 is 4.02. The Morgan fingerprint density at radius 2 is 1.84 bits per heavy atom. The van der Waals surface area contributed by atoms with Crippen molar-refractivity contribution in [2.75, 3.05) is 26.0 Å². The molecule has 0 aromatic rings. The number of amides is 4. The molecule has 0 fully saturated rings. The van der Waals surface area contributed by atoms with Gasteiger partial charge in [-0.1, -0.05) is 69.6 Å². The molecule has 0 unspecified atom stereocenters. The van der Waals surface area contributed by atoms with Crippen molar-refractivity contribution in [2.45, 2.75) is 91.9 Å². The van der Waals surface area contributed by atoms with Crippen LogP contribution in [0.4, 0.5) is 4.79 Å². The fourth-order valence-corrected chi connectivity index (χ4v) is 4.76. The lowest BCUT2D eigenvalue weighted by Gasteiger charge is -2.29. The van der Waals surface area contributed by atoms with E-state index in [1.165, 1.54) is 19.4 Å². The van der Waals surface area contributed by atoms with Gasteiger partial charge in [-0.05, 0) is 43.7 Å². The molecule has 1 aliphatic heterocycles. The third-order valence-electron chi connectivity index (χ3n) is 7.27. The summed E-state index contributed by atoms with van der Waals surface area (Å²) in [6, 6.07) is -0.840. The van der Waals surface area contributed by atoms with Gasteiger partial charge in [-0.25, -0.2) is 9.59 Å². The molecule has 0 aromatic heterocycles. The zero-order valence-electron chi connectivity index (χ0n) is 30.3. The van der Waals surface area contributed by atoms with Crippen molar-refractivity contribution in [1.29, 1.82) is 0 Å². The van der Waals surface area contributed by atoms with Gasteiger partial charge in [-0.2, -0.15) is 12.6 Å². The van der Waals surface area contributed by atoms with Crippen molar-refractivity contribution >= 4 is 42.4 Å². The van der Waals surface area contributed by atoms with Crippen LogP contribution in [0.3, 0.4) is 0 Å². The van der Waals surface area contributed by atoms with Crippen molar-refractivity contribution in [1.82, 2.24) is 21.3 Å². The molecule has 1 aliphatic rings. The zero-order chi connectivity index (χ0) is 37.5. The molecule has 13 heteroatoms. The second-order valence-electron chi connectivity index (χ2n) is 12.7. The first-order valence-electron chi connectivity index (χ1n) is 16.7. The molecule has 1 heterocycles. The van der Waals surface area contributed by atoms with Gasteiger partial charge in [0.25, 0.3) is 0 Å². The molecule has 4 N–H and O–H groups in total. The number of ether oxygens (including phenoxy) is 3. The highest BCUT2D eigenvalue weighted by atomic mass is 32.1. The summed E-state index contributed by atoms with van der Waals surface area (Å²) in [7, 11) is 1.43. The smallest absolute Gasteiger partial charge is 0.407 e. The molecule has 50 heavy (non-hydrogen) atoms. The number of carbonyl (C=O) groups excluding carboxylic acids is 5. The van der Waals surface area contributed by atoms with Gasteiger partial charge in [0.05, 0.1) is 7.11 Å². The van der Waals surface area contributed by atoms with E-state index >= 15 is 0 Å². The van der Waals surface area contributed by atoms with Gasteiger partial charge in [-0.3, -0.25) is 14.4 Å². The van der Waals surface area contributed by atoms with E-state index in [4.69, 9.17) is 14.2 Å². The van der Waals surface area contributed by atoms with E-state index in [1.54, 1.807) is 31.2 Å². The molecule has 0 spiro atoms. The number of cyclic esters (lactones) is 1. The molecular formula is C37H54N4O8S. The maximum absolute atomic E-state index is 13.1. The number of hydrogen-bond acceptors (Lipinski definition) is 9. The highest BCUT2D eigenvalue weighted by molar-refractivity contribution is 7.80. The first kappa shape index (κ1) is 43.6. The van der Waals surface area contributed by atoms with Crippen LogP contribution in [0.2, 0.25) is 0 Å². The molecule has 4 atom stereocenters. The summed E-state index contributed by atoms with van der Waals surface area (Å²) < 4.78 is 15.9. The SMILES string of the molecule is CC#CC[C@@H](C/C=C\NC(=O)[C@@H](NC(=O)\C=C/C=C\C(C)=C\[C@H](C)[C@@H]1CC=C(OC)C(=O)O1)C(C)(C)C)OC(=O)NCCCNC(=O)CCS. The molecule has 1 rings (SSSR count). The van der Waals surface area contributed by atoms with E-state index in [2.05, 4.69) is 45.7 Å². The molecule has 0 radical (unpaired) electrons. The quantitative estimate of drug-likeness (QED) is 0.0329. The van der Waals surface area contributed by atoms with Gasteiger partial charge in [0.2, 0.25) is 17.7 Å². The molecule has 0 aliphatic carbocycles. The summed E-state index contributed by atoms with van der Waals surface area (Å²) in [5.74, 6) is 4.95. The average Bonchev–Trinajstić information content (AvgIpc) is 3.05. The van der Waals surface area contributed by atoms with E-state index in [0.29, 0.717) is 50.9 Å². The lowest BCUT2D eigenvalue weighted by atomic mass is 9.86. The Morgan fingerprint density at radius 1 is 1.14 bits per heavy atom. The molecular weight excluding hydrogens is 660 g/mol. The Hall–Kier alpha value is -4.44. The number of hydrogen-bond donors (Lipinski definition) is 5. The summed E-state index contributed by atoms with van der Waals surface area (Å²) in [5.41, 5.74) is 0.334. The van der Waals surface area contributed by atoms with Gasteiger partial charge in [0.15, 0.2) is 5.76 Å². The fourth-order valence-electron chi connectivity index (χ4n) is 4.56. The van der Waals surface area contributed by atoms with Crippen molar-refractivity contribution in [3.63, 3.8) is 0 Å². The maximum Gasteiger partial charge on any atom is 0.407 e. The number of alkyl carbamates (subject to hydrolysis) is 1. The van der Waals surface area contributed by atoms with Crippen molar-refractivity contribution in [3.8, 4) is 11.8 Å². The van der Waals surface area contributed by atoms with Crippen LogP contribution in [0.25, 0.3) is 0 Å². The van der Waals surface area contributed by atoms with E-state index < -0.39 is 41.4 Å². The van der Waals surface area contributed by atoms with Crippen LogP contribution in [0.5, 0.6) is 0 Å². The van der Waals surface area contributed by atoms with E-state index in [9.17, 15) is 24.0 Å². The lowest BCUT2D eigenvalue weighted by molar-refractivity contribution is -0.151. The molecule has 4 amide bonds. The third-order valence-corrected chi connectivity index (χ3v) is 7.49. The summed E-state index contributed by atoms with van der Waals surface area (Å²) in [6.07, 6.45) is 13.9. The average molecular weight is 715 g/mol. The lowest BCUT2D eigenvalue weighted by Crippen LogP contribution is -2.52. The number of thiol groups is 1. The maximum atomic E-state index is 13.1. The van der Waals surface area contributed by atoms with Crippen molar-refractivity contribution in [2.24, 2.45) is 11.3 Å². The predicted octanol–water partition coefficient (Wildman–Crippen LogP) is 4.41. The van der Waals surface area contributed by atoms with E-state index in [-0.39, 0.29) is 23.7 Å². The largest absolute Gasteiger partial charge is 0.490 e. The molecule has 12 nitrogen and oxygen atoms in total. The van der Waals surface area contributed by atoms with Crippen LogP contribution in [0.1, 0.15) is 73.6 Å². The Balaban J connectivity index is 2.64. The highest BCUT2D eigenvalue weighted by Gasteiger charge is 2.32. The number of nitrogens with one attached hydrogen (secondary N) is 4. The van der Waals surface area contributed by atoms with Gasteiger partial charge < -0.3 is 35.5 Å². The number of carbonyl (C=O) groups is 5. The van der Waals surface area contributed by atoms with Crippen LogP contribution >= 0.6 is 12.6 Å². The van der Waals surface area contributed by atoms with Crippen LogP contribution < -0.4 is 21.3 Å². The van der Waals surface area contributed by atoms with Gasteiger partial charge in [0, 0.05) is 50.8 Å². The predicted molar refractivity (Wildman–Crippen MR) is 197 cm³/mol. The number of methoxy groups -OCH3 is 1. The van der Waals surface area contributed by atoms with Crippen LogP contribution in [-0.4, -0.2) is 74.0 Å². The molecule has 0 bridgehead atoms. The minimum Gasteiger partial charge on any atom is -0.490 e. The monoisotopic (exact) mass is 714 g/mol. The van der Waals surface area contributed by atoms with Crippen molar-refractivity contribution in [3.05, 3.63) is 60.1 Å². The van der Waals surface area contributed by atoms with Crippen LogP contribution in [0.15, 0.2) is 60.1 Å². The molecule has 276 valence electrons. The van der Waals surface area contributed by atoms with Gasteiger partial charge in [0.1, 0.15) is 18.2 Å². The summed E-state index contributed by atoms with van der Waals surface area (Å²) in [6.45, 7) is 11.9. The minimum absolute atomic E-state index is 0.0284. The Bertz CT molecular complexity index is 1370. The van der Waals surface area contributed by atoms with E-state index in [0.717, 1.165) is 5.57 Å². The Labute approximate surface area is 302 Å².